The molecule has 0 saturated carbocycles. The largest absolute Gasteiger partial charge is 0.388 e. The van der Waals surface area contributed by atoms with Gasteiger partial charge in [0.15, 0.2) is 0 Å². The third kappa shape index (κ3) is 3.11. The highest BCUT2D eigenvalue weighted by molar-refractivity contribution is 7.10. The van der Waals surface area contributed by atoms with Gasteiger partial charge < -0.3 is 10.4 Å². The van der Waals surface area contributed by atoms with Crippen LogP contribution in [0.15, 0.2) is 41.8 Å². The summed E-state index contributed by atoms with van der Waals surface area (Å²) < 4.78 is 0. The van der Waals surface area contributed by atoms with Crippen LogP contribution in [0.4, 0.5) is 0 Å². The number of benzene rings is 1. The molecule has 0 fully saturated rings. The lowest BCUT2D eigenvalue weighted by Gasteiger charge is -2.21. The number of fused-ring (bicyclic) bond motifs is 1. The van der Waals surface area contributed by atoms with Crippen molar-refractivity contribution in [1.82, 2.24) is 5.32 Å². The first-order chi connectivity index (χ1) is 9.72. The SMILES string of the molecule is CC(CC(O)c1cccs1)NC1Cc2ccccc2C1. The van der Waals surface area contributed by atoms with Gasteiger partial charge in [-0.2, -0.15) is 0 Å². The molecule has 0 radical (unpaired) electrons. The van der Waals surface area contributed by atoms with Crippen LogP contribution < -0.4 is 5.32 Å². The molecule has 2 nitrogen and oxygen atoms in total. The van der Waals surface area contributed by atoms with E-state index in [4.69, 9.17) is 0 Å². The van der Waals surface area contributed by atoms with Gasteiger partial charge in [0, 0.05) is 17.0 Å². The van der Waals surface area contributed by atoms with Crippen molar-refractivity contribution in [3.63, 3.8) is 0 Å². The summed E-state index contributed by atoms with van der Waals surface area (Å²) in [7, 11) is 0. The third-order valence-electron chi connectivity index (χ3n) is 4.02. The predicted octanol–water partition coefficient (Wildman–Crippen LogP) is 3.32. The number of hydrogen-bond acceptors (Lipinski definition) is 3. The minimum absolute atomic E-state index is 0.325. The molecule has 2 atom stereocenters. The first kappa shape index (κ1) is 13.8. The molecule has 1 aromatic carbocycles. The Kier molecular flexibility index (Phi) is 4.20. The van der Waals surface area contributed by atoms with Gasteiger partial charge in [-0.25, -0.2) is 0 Å². The van der Waals surface area contributed by atoms with Crippen molar-refractivity contribution in [2.45, 2.75) is 44.4 Å². The molecule has 2 unspecified atom stereocenters. The van der Waals surface area contributed by atoms with E-state index in [0.717, 1.165) is 24.1 Å². The number of hydrogen-bond donors (Lipinski definition) is 2. The number of aliphatic hydroxyl groups excluding tert-OH is 1. The van der Waals surface area contributed by atoms with Crippen molar-refractivity contribution < 1.29 is 5.11 Å². The van der Waals surface area contributed by atoms with E-state index in [-0.39, 0.29) is 6.10 Å². The van der Waals surface area contributed by atoms with Gasteiger partial charge in [-0.1, -0.05) is 30.3 Å². The monoisotopic (exact) mass is 287 g/mol. The Morgan fingerprint density at radius 3 is 2.50 bits per heavy atom. The molecule has 0 spiro atoms. The molecule has 20 heavy (non-hydrogen) atoms. The molecule has 2 aromatic rings. The Morgan fingerprint density at radius 1 is 1.20 bits per heavy atom. The molecule has 3 heteroatoms. The summed E-state index contributed by atoms with van der Waals surface area (Å²) in [6.07, 6.45) is 2.64. The number of nitrogens with one attached hydrogen (secondary N) is 1. The van der Waals surface area contributed by atoms with Crippen molar-refractivity contribution in [2.24, 2.45) is 0 Å². The fourth-order valence-electron chi connectivity index (χ4n) is 3.08. The van der Waals surface area contributed by atoms with Crippen molar-refractivity contribution in [1.29, 1.82) is 0 Å². The van der Waals surface area contributed by atoms with Crippen LogP contribution in [0, 0.1) is 0 Å². The smallest absolute Gasteiger partial charge is 0.0896 e. The molecular formula is C17H21NOS. The molecule has 0 amide bonds. The topological polar surface area (TPSA) is 32.3 Å². The maximum atomic E-state index is 10.2. The fourth-order valence-corrected chi connectivity index (χ4v) is 3.80. The molecule has 1 aromatic heterocycles. The van der Waals surface area contributed by atoms with E-state index in [9.17, 15) is 5.11 Å². The molecule has 2 N–H and O–H groups in total. The van der Waals surface area contributed by atoms with Gasteiger partial charge in [-0.3, -0.25) is 0 Å². The predicted molar refractivity (Wildman–Crippen MR) is 84.1 cm³/mol. The van der Waals surface area contributed by atoms with Gasteiger partial charge in [0.25, 0.3) is 0 Å². The zero-order valence-corrected chi connectivity index (χ0v) is 12.6. The summed E-state index contributed by atoms with van der Waals surface area (Å²) in [5.41, 5.74) is 2.94. The van der Waals surface area contributed by atoms with E-state index < -0.39 is 0 Å². The normalized spacial score (nSPS) is 17.9. The minimum atomic E-state index is -0.346. The van der Waals surface area contributed by atoms with Crippen LogP contribution in [0.5, 0.6) is 0 Å². The van der Waals surface area contributed by atoms with E-state index >= 15 is 0 Å². The Labute approximate surface area is 124 Å². The van der Waals surface area contributed by atoms with E-state index in [1.807, 2.05) is 17.5 Å². The van der Waals surface area contributed by atoms with Gasteiger partial charge in [0.2, 0.25) is 0 Å². The second kappa shape index (κ2) is 6.08. The second-order valence-electron chi connectivity index (χ2n) is 5.71. The number of thiophene rings is 1. The lowest BCUT2D eigenvalue weighted by Crippen LogP contribution is -2.37. The summed E-state index contributed by atoms with van der Waals surface area (Å²) in [6.45, 7) is 2.17. The van der Waals surface area contributed by atoms with Crippen molar-refractivity contribution in [2.75, 3.05) is 0 Å². The Hall–Kier alpha value is -1.16. The first-order valence-corrected chi connectivity index (χ1v) is 8.14. The molecule has 1 aliphatic rings. The minimum Gasteiger partial charge on any atom is -0.388 e. The van der Waals surface area contributed by atoms with Crippen LogP contribution in [0.25, 0.3) is 0 Å². The highest BCUT2D eigenvalue weighted by atomic mass is 32.1. The number of aliphatic hydroxyl groups is 1. The van der Waals surface area contributed by atoms with Crippen LogP contribution >= 0.6 is 11.3 Å². The zero-order chi connectivity index (χ0) is 13.9. The number of rotatable bonds is 5. The van der Waals surface area contributed by atoms with Crippen molar-refractivity contribution in [3.05, 3.63) is 57.8 Å². The molecule has 0 bridgehead atoms. The van der Waals surface area contributed by atoms with Gasteiger partial charge in [0.1, 0.15) is 0 Å². The van der Waals surface area contributed by atoms with E-state index in [1.165, 1.54) is 11.1 Å². The second-order valence-corrected chi connectivity index (χ2v) is 6.69. The lowest BCUT2D eigenvalue weighted by molar-refractivity contribution is 0.155. The highest BCUT2D eigenvalue weighted by Gasteiger charge is 2.23. The van der Waals surface area contributed by atoms with Crippen molar-refractivity contribution in [3.8, 4) is 0 Å². The van der Waals surface area contributed by atoms with Crippen LogP contribution in [-0.2, 0) is 12.8 Å². The van der Waals surface area contributed by atoms with Crippen molar-refractivity contribution >= 4 is 11.3 Å². The summed E-state index contributed by atoms with van der Waals surface area (Å²) in [5.74, 6) is 0. The molecule has 1 aliphatic carbocycles. The standard InChI is InChI=1S/C17H21NOS/c1-12(9-16(19)17-7-4-8-20-17)18-15-10-13-5-2-3-6-14(13)11-15/h2-8,12,15-16,18-19H,9-11H2,1H3. The third-order valence-corrected chi connectivity index (χ3v) is 4.99. The molecule has 0 saturated heterocycles. The lowest BCUT2D eigenvalue weighted by atomic mass is 10.1. The van der Waals surface area contributed by atoms with E-state index in [1.54, 1.807) is 11.3 Å². The summed E-state index contributed by atoms with van der Waals surface area (Å²) in [6, 6.07) is 13.5. The van der Waals surface area contributed by atoms with E-state index in [2.05, 4.69) is 36.5 Å². The van der Waals surface area contributed by atoms with Crippen LogP contribution in [0.2, 0.25) is 0 Å². The summed E-state index contributed by atoms with van der Waals surface area (Å²) >= 11 is 1.63. The van der Waals surface area contributed by atoms with Crippen LogP contribution in [0.3, 0.4) is 0 Å². The fraction of sp³-hybridized carbons (Fsp3) is 0.412. The summed E-state index contributed by atoms with van der Waals surface area (Å²) in [5, 5.41) is 15.9. The molecule has 3 rings (SSSR count). The molecule has 0 aliphatic heterocycles. The summed E-state index contributed by atoms with van der Waals surface area (Å²) in [4.78, 5) is 1.06. The molecule has 106 valence electrons. The van der Waals surface area contributed by atoms with Gasteiger partial charge in [0.05, 0.1) is 6.10 Å². The highest BCUT2D eigenvalue weighted by Crippen LogP contribution is 2.25. The van der Waals surface area contributed by atoms with Crippen LogP contribution in [0.1, 0.15) is 35.5 Å². The quantitative estimate of drug-likeness (QED) is 0.884. The van der Waals surface area contributed by atoms with E-state index in [0.29, 0.717) is 12.1 Å². The average molecular weight is 287 g/mol. The maximum absolute atomic E-state index is 10.2. The molecule has 1 heterocycles. The van der Waals surface area contributed by atoms with Gasteiger partial charge >= 0.3 is 0 Å². The van der Waals surface area contributed by atoms with Gasteiger partial charge in [-0.15, -0.1) is 11.3 Å². The molecular weight excluding hydrogens is 266 g/mol. The average Bonchev–Trinajstić information content (AvgIpc) is 3.07. The Balaban J connectivity index is 1.52. The Morgan fingerprint density at radius 2 is 1.90 bits per heavy atom. The maximum Gasteiger partial charge on any atom is 0.0896 e. The van der Waals surface area contributed by atoms with Crippen LogP contribution in [-0.4, -0.2) is 17.2 Å². The Bertz CT molecular complexity index is 527. The first-order valence-electron chi connectivity index (χ1n) is 7.26. The van der Waals surface area contributed by atoms with Gasteiger partial charge in [-0.05, 0) is 48.8 Å². The zero-order valence-electron chi connectivity index (χ0n) is 11.8.